The zero-order valence-electron chi connectivity index (χ0n) is 14.0. The van der Waals surface area contributed by atoms with Crippen LogP contribution in [-0.4, -0.2) is 26.5 Å². The minimum absolute atomic E-state index is 0.00283. The molecule has 0 spiro atoms. The van der Waals surface area contributed by atoms with Crippen molar-refractivity contribution in [2.45, 2.75) is 19.4 Å². The van der Waals surface area contributed by atoms with Gasteiger partial charge in [0.25, 0.3) is 0 Å². The molecule has 0 saturated heterocycles. The monoisotopic (exact) mass is 312 g/mol. The first-order valence-electron chi connectivity index (χ1n) is 7.82. The second-order valence-electron chi connectivity index (χ2n) is 5.48. The molecule has 1 N–H and O–H groups in total. The minimum Gasteiger partial charge on any atom is -0.486 e. The van der Waals surface area contributed by atoms with E-state index in [1.807, 2.05) is 49.5 Å². The van der Waals surface area contributed by atoms with Crippen LogP contribution in [0.4, 0.5) is 5.69 Å². The normalized spacial score (nSPS) is 11.8. The fraction of sp³-hybridized carbons (Fsp3) is 0.316. The van der Waals surface area contributed by atoms with E-state index in [0.29, 0.717) is 0 Å². The smallest absolute Gasteiger partial charge is 0.223 e. The first-order valence-corrected chi connectivity index (χ1v) is 7.82. The van der Waals surface area contributed by atoms with E-state index in [4.69, 9.17) is 4.74 Å². The number of nitrogens with one attached hydrogen (secondary N) is 1. The summed E-state index contributed by atoms with van der Waals surface area (Å²) in [6.45, 7) is 2.42. The molecule has 0 aliphatic heterocycles. The number of nitrogens with zero attached hydrogens (tertiary/aromatic N) is 1. The summed E-state index contributed by atoms with van der Waals surface area (Å²) in [7, 11) is 3.70. The highest BCUT2D eigenvalue weighted by Gasteiger charge is 2.14. The molecule has 1 unspecified atom stereocenters. The zero-order chi connectivity index (χ0) is 16.7. The summed E-state index contributed by atoms with van der Waals surface area (Å²) < 4.78 is 6.20. The number of hydrogen-bond acceptors (Lipinski definition) is 3. The molecule has 0 aliphatic carbocycles. The van der Waals surface area contributed by atoms with Crippen molar-refractivity contribution >= 4 is 11.6 Å². The van der Waals surface area contributed by atoms with E-state index in [-0.39, 0.29) is 12.0 Å². The molecule has 2 rings (SSSR count). The summed E-state index contributed by atoms with van der Waals surface area (Å²) in [6, 6.07) is 17.8. The van der Waals surface area contributed by atoms with Gasteiger partial charge < -0.3 is 15.0 Å². The van der Waals surface area contributed by atoms with E-state index in [9.17, 15) is 4.79 Å². The van der Waals surface area contributed by atoms with Crippen LogP contribution in [0.2, 0.25) is 0 Å². The maximum Gasteiger partial charge on any atom is 0.223 e. The Morgan fingerprint density at radius 2 is 1.91 bits per heavy atom. The van der Waals surface area contributed by atoms with Crippen LogP contribution < -0.4 is 15.0 Å². The third-order valence-electron chi connectivity index (χ3n) is 3.78. The lowest BCUT2D eigenvalue weighted by Gasteiger charge is -2.21. The van der Waals surface area contributed by atoms with Crippen molar-refractivity contribution in [2.24, 2.45) is 0 Å². The average molecular weight is 312 g/mol. The van der Waals surface area contributed by atoms with Gasteiger partial charge in [0, 0.05) is 32.1 Å². The summed E-state index contributed by atoms with van der Waals surface area (Å²) in [5, 5.41) is 3.17. The highest BCUT2D eigenvalue weighted by atomic mass is 16.5. The van der Waals surface area contributed by atoms with Crippen LogP contribution in [0.1, 0.15) is 25.0 Å². The lowest BCUT2D eigenvalue weighted by atomic mass is 10.1. The van der Waals surface area contributed by atoms with Crippen LogP contribution >= 0.6 is 0 Å². The molecule has 2 aromatic carbocycles. The van der Waals surface area contributed by atoms with Gasteiger partial charge in [0.2, 0.25) is 5.91 Å². The molecular formula is C19H24N2O2. The molecule has 0 aliphatic rings. The second-order valence-corrected chi connectivity index (χ2v) is 5.48. The van der Waals surface area contributed by atoms with Crippen molar-refractivity contribution in [3.8, 4) is 5.75 Å². The summed E-state index contributed by atoms with van der Waals surface area (Å²) >= 11 is 0. The number of rotatable bonds is 7. The Kier molecular flexibility index (Phi) is 6.18. The van der Waals surface area contributed by atoms with Crippen LogP contribution in [0.15, 0.2) is 54.6 Å². The van der Waals surface area contributed by atoms with Crippen molar-refractivity contribution in [1.29, 1.82) is 0 Å². The Labute approximate surface area is 138 Å². The Morgan fingerprint density at radius 1 is 1.17 bits per heavy atom. The average Bonchev–Trinajstić information content (AvgIpc) is 2.58. The molecule has 0 fully saturated rings. The highest BCUT2D eigenvalue weighted by Crippen LogP contribution is 2.27. The molecule has 0 radical (unpaired) electrons. The maximum absolute atomic E-state index is 11.5. The number of benzene rings is 2. The number of carbonyl (C=O) groups excluding carboxylic acids is 1. The first-order chi connectivity index (χ1) is 11.1. The topological polar surface area (TPSA) is 41.6 Å². The molecule has 0 aromatic heterocycles. The molecular weight excluding hydrogens is 288 g/mol. The lowest BCUT2D eigenvalue weighted by molar-refractivity contribution is -0.116. The highest BCUT2D eigenvalue weighted by molar-refractivity contribution is 5.91. The molecule has 122 valence electrons. The molecule has 1 atom stereocenters. The van der Waals surface area contributed by atoms with Gasteiger partial charge in [-0.2, -0.15) is 0 Å². The van der Waals surface area contributed by atoms with Gasteiger partial charge in [-0.1, -0.05) is 36.4 Å². The third kappa shape index (κ3) is 4.83. The fourth-order valence-electron chi connectivity index (χ4n) is 2.35. The Hall–Kier alpha value is -2.33. The molecule has 0 saturated carbocycles. The van der Waals surface area contributed by atoms with E-state index in [1.54, 1.807) is 18.9 Å². The summed E-state index contributed by atoms with van der Waals surface area (Å²) in [5.74, 6) is 0.762. The van der Waals surface area contributed by atoms with Crippen LogP contribution in [-0.2, 0) is 4.79 Å². The van der Waals surface area contributed by atoms with Gasteiger partial charge in [-0.15, -0.1) is 0 Å². The molecule has 1 amide bonds. The van der Waals surface area contributed by atoms with Crippen molar-refractivity contribution < 1.29 is 9.53 Å². The molecule has 4 heteroatoms. The quantitative estimate of drug-likeness (QED) is 0.852. The van der Waals surface area contributed by atoms with E-state index in [2.05, 4.69) is 17.4 Å². The first kappa shape index (κ1) is 17.0. The Bertz CT molecular complexity index is 628. The number of amides is 1. The van der Waals surface area contributed by atoms with Gasteiger partial charge in [0.05, 0.1) is 0 Å². The van der Waals surface area contributed by atoms with Gasteiger partial charge in [-0.05, 0) is 31.3 Å². The predicted octanol–water partition coefficient (Wildman–Crippen LogP) is 3.40. The number of carbonyl (C=O) groups is 1. The van der Waals surface area contributed by atoms with Gasteiger partial charge >= 0.3 is 0 Å². The van der Waals surface area contributed by atoms with Crippen LogP contribution in [0.5, 0.6) is 5.75 Å². The fourth-order valence-corrected chi connectivity index (χ4v) is 2.35. The van der Waals surface area contributed by atoms with Crippen molar-refractivity contribution in [1.82, 2.24) is 5.32 Å². The standard InChI is InChI=1S/C19H24N2O2/c1-15(22)21(3)17-10-7-11-18(14-17)23-19(12-13-20-2)16-8-5-4-6-9-16/h4-11,14,19-20H,12-13H2,1-3H3. The summed E-state index contributed by atoms with van der Waals surface area (Å²) in [6.07, 6.45) is 0.842. The van der Waals surface area contributed by atoms with E-state index in [0.717, 1.165) is 30.0 Å². The molecule has 0 bridgehead atoms. The minimum atomic E-state index is -0.0264. The summed E-state index contributed by atoms with van der Waals surface area (Å²) in [4.78, 5) is 13.1. The third-order valence-corrected chi connectivity index (χ3v) is 3.78. The SMILES string of the molecule is CNCCC(Oc1cccc(N(C)C(C)=O)c1)c1ccccc1. The van der Waals surface area contributed by atoms with Crippen LogP contribution in [0, 0.1) is 0 Å². The number of ether oxygens (including phenoxy) is 1. The van der Waals surface area contributed by atoms with Gasteiger partial charge in [-0.3, -0.25) is 4.79 Å². The Balaban J connectivity index is 2.19. The van der Waals surface area contributed by atoms with Crippen LogP contribution in [0.25, 0.3) is 0 Å². The van der Waals surface area contributed by atoms with Gasteiger partial charge in [-0.25, -0.2) is 0 Å². The van der Waals surface area contributed by atoms with Crippen LogP contribution in [0.3, 0.4) is 0 Å². The zero-order valence-corrected chi connectivity index (χ0v) is 14.0. The number of anilines is 1. The van der Waals surface area contributed by atoms with Crippen molar-refractivity contribution in [3.63, 3.8) is 0 Å². The van der Waals surface area contributed by atoms with Crippen molar-refractivity contribution in [3.05, 3.63) is 60.2 Å². The van der Waals surface area contributed by atoms with E-state index < -0.39 is 0 Å². The maximum atomic E-state index is 11.5. The lowest BCUT2D eigenvalue weighted by Crippen LogP contribution is -2.22. The largest absolute Gasteiger partial charge is 0.486 e. The molecule has 2 aromatic rings. The predicted molar refractivity (Wildman–Crippen MR) is 93.9 cm³/mol. The Morgan fingerprint density at radius 3 is 2.57 bits per heavy atom. The van der Waals surface area contributed by atoms with Gasteiger partial charge in [0.15, 0.2) is 0 Å². The molecule has 23 heavy (non-hydrogen) atoms. The van der Waals surface area contributed by atoms with E-state index in [1.165, 1.54) is 0 Å². The van der Waals surface area contributed by atoms with E-state index >= 15 is 0 Å². The molecule has 4 nitrogen and oxygen atoms in total. The van der Waals surface area contributed by atoms with Crippen molar-refractivity contribution in [2.75, 3.05) is 25.5 Å². The molecule has 0 heterocycles. The number of hydrogen-bond donors (Lipinski definition) is 1. The summed E-state index contributed by atoms with van der Waals surface area (Å²) in [5.41, 5.74) is 1.98. The van der Waals surface area contributed by atoms with Gasteiger partial charge in [0.1, 0.15) is 11.9 Å². The second kappa shape index (κ2) is 8.34.